The number of hydrogen-bond donors (Lipinski definition) is 0. The van der Waals surface area contributed by atoms with Gasteiger partial charge >= 0.3 is 5.97 Å². The summed E-state index contributed by atoms with van der Waals surface area (Å²) >= 11 is 0. The summed E-state index contributed by atoms with van der Waals surface area (Å²) in [5, 5.41) is 7.49. The molecule has 0 spiro atoms. The minimum Gasteiger partial charge on any atom is -0.453 e. The van der Waals surface area contributed by atoms with Gasteiger partial charge in [0, 0.05) is 12.6 Å². The zero-order chi connectivity index (χ0) is 15.5. The number of rotatable bonds is 4. The molecule has 3 rings (SSSR count). The minimum atomic E-state index is -0.562. The highest BCUT2D eigenvalue weighted by atomic mass is 16.5. The van der Waals surface area contributed by atoms with Gasteiger partial charge in [0.15, 0.2) is 0 Å². The second-order valence-corrected chi connectivity index (χ2v) is 4.72. The third-order valence-corrected chi connectivity index (χ3v) is 3.16. The van der Waals surface area contributed by atoms with Crippen LogP contribution >= 0.6 is 0 Å². The Kier molecular flexibility index (Phi) is 3.69. The predicted octanol–water partition coefficient (Wildman–Crippen LogP) is 2.14. The summed E-state index contributed by atoms with van der Waals surface area (Å²) in [5.41, 5.74) is 1.99. The van der Waals surface area contributed by atoms with E-state index in [1.807, 2.05) is 30.3 Å². The van der Waals surface area contributed by atoms with Crippen molar-refractivity contribution in [1.82, 2.24) is 20.0 Å². The first-order valence-corrected chi connectivity index (χ1v) is 6.68. The number of oxazole rings is 1. The van der Waals surface area contributed by atoms with Crippen LogP contribution in [-0.4, -0.2) is 25.9 Å². The summed E-state index contributed by atoms with van der Waals surface area (Å²) in [4.78, 5) is 16.4. The second-order valence-electron chi connectivity index (χ2n) is 4.72. The van der Waals surface area contributed by atoms with Crippen LogP contribution in [0.2, 0.25) is 0 Å². The van der Waals surface area contributed by atoms with Gasteiger partial charge in [0.2, 0.25) is 11.7 Å². The highest BCUT2D eigenvalue weighted by Crippen LogP contribution is 2.22. The van der Waals surface area contributed by atoms with Crippen LogP contribution in [0.1, 0.15) is 21.9 Å². The molecule has 0 aliphatic carbocycles. The quantitative estimate of drug-likeness (QED) is 0.686. The lowest BCUT2D eigenvalue weighted by atomic mass is 10.2. The van der Waals surface area contributed by atoms with E-state index in [-0.39, 0.29) is 12.4 Å². The number of hydrogen-bond acceptors (Lipinski definition) is 6. The molecule has 7 nitrogen and oxygen atoms in total. The van der Waals surface area contributed by atoms with Crippen molar-refractivity contribution in [2.75, 3.05) is 0 Å². The van der Waals surface area contributed by atoms with E-state index in [2.05, 4.69) is 15.3 Å². The molecule has 22 heavy (non-hydrogen) atoms. The molecule has 0 aliphatic rings. The zero-order valence-corrected chi connectivity index (χ0v) is 12.2. The van der Waals surface area contributed by atoms with Gasteiger partial charge in [-0.1, -0.05) is 23.4 Å². The van der Waals surface area contributed by atoms with Crippen LogP contribution in [0.5, 0.6) is 0 Å². The van der Waals surface area contributed by atoms with Crippen LogP contribution in [0.25, 0.3) is 11.5 Å². The number of esters is 1. The molecule has 0 fully saturated rings. The third kappa shape index (κ3) is 2.73. The number of carbonyl (C=O) groups excluding carboxylic acids is 1. The fourth-order valence-corrected chi connectivity index (χ4v) is 1.94. The number of benzene rings is 1. The van der Waals surface area contributed by atoms with Crippen LogP contribution in [0, 0.1) is 6.92 Å². The molecule has 0 aliphatic heterocycles. The molecule has 3 aromatic rings. The molecule has 1 aromatic carbocycles. The van der Waals surface area contributed by atoms with E-state index in [4.69, 9.17) is 9.15 Å². The molecule has 0 radical (unpaired) electrons. The Hall–Kier alpha value is -2.96. The van der Waals surface area contributed by atoms with Gasteiger partial charge in [0.05, 0.1) is 17.6 Å². The molecule has 0 atom stereocenters. The highest BCUT2D eigenvalue weighted by molar-refractivity contribution is 5.87. The molecule has 112 valence electrons. The second kappa shape index (κ2) is 5.80. The minimum absolute atomic E-state index is 0.0726. The maximum Gasteiger partial charge on any atom is 0.376 e. The number of carbonyl (C=O) groups is 1. The summed E-state index contributed by atoms with van der Waals surface area (Å²) < 4.78 is 12.3. The summed E-state index contributed by atoms with van der Waals surface area (Å²) in [6.45, 7) is 1.78. The third-order valence-electron chi connectivity index (χ3n) is 3.16. The molecule has 2 heterocycles. The van der Waals surface area contributed by atoms with E-state index in [0.717, 1.165) is 5.56 Å². The van der Waals surface area contributed by atoms with E-state index in [1.54, 1.807) is 14.0 Å². The van der Waals surface area contributed by atoms with Gasteiger partial charge < -0.3 is 9.15 Å². The lowest BCUT2D eigenvalue weighted by molar-refractivity contribution is 0.0427. The van der Waals surface area contributed by atoms with Crippen molar-refractivity contribution in [3.8, 4) is 11.5 Å². The van der Waals surface area contributed by atoms with Gasteiger partial charge in [-0.25, -0.2) is 14.5 Å². The van der Waals surface area contributed by atoms with Gasteiger partial charge in [-0.15, -0.1) is 5.10 Å². The Morgan fingerprint density at radius 3 is 2.77 bits per heavy atom. The van der Waals surface area contributed by atoms with Crippen molar-refractivity contribution in [3.63, 3.8) is 0 Å². The number of aryl methyl sites for hydroxylation is 2. The smallest absolute Gasteiger partial charge is 0.376 e. The predicted molar refractivity (Wildman–Crippen MR) is 76.8 cm³/mol. The van der Waals surface area contributed by atoms with E-state index in [1.165, 1.54) is 10.9 Å². The fraction of sp³-hybridized carbons (Fsp3) is 0.200. The Morgan fingerprint density at radius 2 is 2.09 bits per heavy atom. The maximum absolute atomic E-state index is 12.1. The Bertz CT molecular complexity index is 792. The molecule has 7 heteroatoms. The van der Waals surface area contributed by atoms with Crippen molar-refractivity contribution < 1.29 is 13.9 Å². The van der Waals surface area contributed by atoms with Crippen molar-refractivity contribution in [1.29, 1.82) is 0 Å². The first-order chi connectivity index (χ1) is 10.6. The van der Waals surface area contributed by atoms with Gasteiger partial charge in [0.25, 0.3) is 0 Å². The summed E-state index contributed by atoms with van der Waals surface area (Å²) in [5.74, 6) is -0.0605. The standard InChI is InChI=1S/C15H14N4O3/c1-10-13(15(20)21-9-12-8-16-18-19(12)2)22-14(17-10)11-6-4-3-5-7-11/h3-8H,9H2,1-2H3. The SMILES string of the molecule is Cc1nc(-c2ccccc2)oc1C(=O)OCc1cnnn1C. The highest BCUT2D eigenvalue weighted by Gasteiger charge is 2.20. The van der Waals surface area contributed by atoms with Crippen LogP contribution in [0.15, 0.2) is 40.9 Å². The molecule has 0 N–H and O–H groups in total. The van der Waals surface area contributed by atoms with Crippen molar-refractivity contribution >= 4 is 5.97 Å². The summed E-state index contributed by atoms with van der Waals surface area (Å²) in [6.07, 6.45) is 1.54. The average molecular weight is 298 g/mol. The molecule has 0 saturated heterocycles. The zero-order valence-electron chi connectivity index (χ0n) is 12.2. The molecule has 0 bridgehead atoms. The molecular weight excluding hydrogens is 284 g/mol. The summed E-state index contributed by atoms with van der Waals surface area (Å²) in [7, 11) is 1.73. The van der Waals surface area contributed by atoms with Crippen LogP contribution < -0.4 is 0 Å². The number of ether oxygens (including phenoxy) is 1. The first-order valence-electron chi connectivity index (χ1n) is 6.68. The average Bonchev–Trinajstić information content (AvgIpc) is 3.12. The van der Waals surface area contributed by atoms with Crippen LogP contribution in [0.3, 0.4) is 0 Å². The Balaban J connectivity index is 1.76. The fourth-order valence-electron chi connectivity index (χ4n) is 1.94. The monoisotopic (exact) mass is 298 g/mol. The van der Waals surface area contributed by atoms with E-state index in [0.29, 0.717) is 17.3 Å². The number of nitrogens with zero attached hydrogens (tertiary/aromatic N) is 4. The lowest BCUT2D eigenvalue weighted by Crippen LogP contribution is -2.08. The van der Waals surface area contributed by atoms with Crippen molar-refractivity contribution in [2.24, 2.45) is 7.05 Å². The van der Waals surface area contributed by atoms with E-state index >= 15 is 0 Å². The number of aromatic nitrogens is 4. The maximum atomic E-state index is 12.1. The van der Waals surface area contributed by atoms with Crippen LogP contribution in [0.4, 0.5) is 0 Å². The van der Waals surface area contributed by atoms with Gasteiger partial charge in [-0.3, -0.25) is 0 Å². The lowest BCUT2D eigenvalue weighted by Gasteiger charge is -2.02. The van der Waals surface area contributed by atoms with E-state index in [9.17, 15) is 4.79 Å². The normalized spacial score (nSPS) is 10.6. The molecule has 0 saturated carbocycles. The molecule has 0 unspecified atom stereocenters. The van der Waals surface area contributed by atoms with Crippen molar-refractivity contribution in [3.05, 3.63) is 53.7 Å². The van der Waals surface area contributed by atoms with Crippen molar-refractivity contribution in [2.45, 2.75) is 13.5 Å². The largest absolute Gasteiger partial charge is 0.453 e. The van der Waals surface area contributed by atoms with Gasteiger partial charge in [-0.05, 0) is 19.1 Å². The Labute approximate surface area is 126 Å². The van der Waals surface area contributed by atoms with E-state index < -0.39 is 5.97 Å². The Morgan fingerprint density at radius 1 is 1.32 bits per heavy atom. The van der Waals surface area contributed by atoms with Gasteiger partial charge in [0.1, 0.15) is 6.61 Å². The molecular formula is C15H14N4O3. The first kappa shape index (κ1) is 14.0. The molecule has 0 amide bonds. The van der Waals surface area contributed by atoms with Crippen LogP contribution in [-0.2, 0) is 18.4 Å². The molecule has 2 aromatic heterocycles. The van der Waals surface area contributed by atoms with Gasteiger partial charge in [-0.2, -0.15) is 0 Å². The topological polar surface area (TPSA) is 83.0 Å². The summed E-state index contributed by atoms with van der Waals surface area (Å²) in [6, 6.07) is 9.38.